The van der Waals surface area contributed by atoms with Crippen molar-refractivity contribution < 1.29 is 15.0 Å². The van der Waals surface area contributed by atoms with Gasteiger partial charge in [-0.15, -0.1) is 0 Å². The van der Waals surface area contributed by atoms with Crippen molar-refractivity contribution in [1.29, 1.82) is 0 Å². The summed E-state index contributed by atoms with van der Waals surface area (Å²) in [6.07, 6.45) is 79.1. The van der Waals surface area contributed by atoms with Crippen LogP contribution in [0.5, 0.6) is 0 Å². The molecule has 0 spiro atoms. The van der Waals surface area contributed by atoms with Crippen LogP contribution in [0.2, 0.25) is 0 Å². The van der Waals surface area contributed by atoms with Crippen LogP contribution < -0.4 is 5.32 Å². The molecule has 2 atom stereocenters. The van der Waals surface area contributed by atoms with Gasteiger partial charge in [-0.1, -0.05) is 320 Å². The average molecular weight is 927 g/mol. The zero-order valence-electron chi connectivity index (χ0n) is 45.0. The Morgan fingerprint density at radius 3 is 0.879 bits per heavy atom. The molecule has 0 bridgehead atoms. The number of unbranched alkanes of at least 4 members (excludes halogenated alkanes) is 45. The van der Waals surface area contributed by atoms with E-state index in [2.05, 4.69) is 43.5 Å². The van der Waals surface area contributed by atoms with E-state index in [4.69, 9.17) is 0 Å². The smallest absolute Gasteiger partial charge is 0.220 e. The van der Waals surface area contributed by atoms with Crippen LogP contribution in [0, 0.1) is 0 Å². The first-order chi connectivity index (χ1) is 32.7. The van der Waals surface area contributed by atoms with Gasteiger partial charge >= 0.3 is 0 Å². The summed E-state index contributed by atoms with van der Waals surface area (Å²) in [6.45, 7) is 4.33. The van der Waals surface area contributed by atoms with E-state index in [1.165, 1.54) is 276 Å². The van der Waals surface area contributed by atoms with E-state index in [-0.39, 0.29) is 12.5 Å². The molecule has 4 heteroatoms. The van der Waals surface area contributed by atoms with Crippen molar-refractivity contribution in [3.63, 3.8) is 0 Å². The quantitative estimate of drug-likeness (QED) is 0.0420. The summed E-state index contributed by atoms with van der Waals surface area (Å²) >= 11 is 0. The van der Waals surface area contributed by atoms with Gasteiger partial charge in [-0.3, -0.25) is 4.79 Å². The minimum Gasteiger partial charge on any atom is -0.394 e. The number of hydrogen-bond donors (Lipinski definition) is 3. The SMILES string of the molecule is CCCCCCCCCCCCCCC/C=C/CC/C=C/CC/C=C/C(O)C(CO)NC(=O)CCCCCCCCCCCCCCCCCCCCCCCCCCCCCCCCC. The van der Waals surface area contributed by atoms with E-state index >= 15 is 0 Å². The van der Waals surface area contributed by atoms with E-state index in [0.717, 1.165) is 38.5 Å². The summed E-state index contributed by atoms with van der Waals surface area (Å²) in [7, 11) is 0. The fourth-order valence-corrected chi connectivity index (χ4v) is 9.51. The topological polar surface area (TPSA) is 69.6 Å². The monoisotopic (exact) mass is 926 g/mol. The lowest BCUT2D eigenvalue weighted by Crippen LogP contribution is -2.45. The van der Waals surface area contributed by atoms with Crippen molar-refractivity contribution in [3.8, 4) is 0 Å². The van der Waals surface area contributed by atoms with E-state index in [1.807, 2.05) is 6.08 Å². The molecule has 0 aromatic rings. The van der Waals surface area contributed by atoms with Gasteiger partial charge in [0.05, 0.1) is 18.8 Å². The van der Waals surface area contributed by atoms with Crippen molar-refractivity contribution in [2.75, 3.05) is 6.61 Å². The molecule has 2 unspecified atom stereocenters. The van der Waals surface area contributed by atoms with Crippen LogP contribution in [0.1, 0.15) is 335 Å². The molecule has 3 N–H and O–H groups in total. The van der Waals surface area contributed by atoms with Gasteiger partial charge in [0.1, 0.15) is 0 Å². The lowest BCUT2D eigenvalue weighted by atomic mass is 10.0. The summed E-state index contributed by atoms with van der Waals surface area (Å²) in [4.78, 5) is 12.5. The first kappa shape index (κ1) is 64.6. The minimum absolute atomic E-state index is 0.0711. The van der Waals surface area contributed by atoms with Crippen molar-refractivity contribution >= 4 is 5.91 Å². The van der Waals surface area contributed by atoms with Crippen LogP contribution in [0.25, 0.3) is 0 Å². The second-order valence-corrected chi connectivity index (χ2v) is 20.8. The van der Waals surface area contributed by atoms with E-state index in [1.54, 1.807) is 6.08 Å². The number of allylic oxidation sites excluding steroid dienone is 5. The van der Waals surface area contributed by atoms with Gasteiger partial charge in [0.25, 0.3) is 0 Å². The van der Waals surface area contributed by atoms with Gasteiger partial charge in [-0.2, -0.15) is 0 Å². The number of aliphatic hydroxyl groups excluding tert-OH is 2. The Morgan fingerprint density at radius 1 is 0.348 bits per heavy atom. The van der Waals surface area contributed by atoms with Crippen LogP contribution in [-0.2, 0) is 4.79 Å². The molecule has 1 amide bonds. The molecule has 0 aliphatic heterocycles. The molecule has 0 aliphatic carbocycles. The van der Waals surface area contributed by atoms with Crippen LogP contribution in [-0.4, -0.2) is 34.9 Å². The maximum atomic E-state index is 12.5. The van der Waals surface area contributed by atoms with Crippen molar-refractivity contribution in [2.45, 2.75) is 347 Å². The Hall–Kier alpha value is -1.39. The molecule has 0 aromatic heterocycles. The highest BCUT2D eigenvalue weighted by Crippen LogP contribution is 2.18. The summed E-state index contributed by atoms with van der Waals surface area (Å²) < 4.78 is 0. The number of hydrogen-bond acceptors (Lipinski definition) is 3. The van der Waals surface area contributed by atoms with Gasteiger partial charge in [-0.05, 0) is 44.9 Å². The maximum absolute atomic E-state index is 12.5. The lowest BCUT2D eigenvalue weighted by Gasteiger charge is -2.19. The number of amides is 1. The molecule has 0 saturated heterocycles. The third kappa shape index (κ3) is 53.6. The first-order valence-electron chi connectivity index (χ1n) is 30.2. The number of carbonyl (C=O) groups excluding carboxylic acids is 1. The highest BCUT2D eigenvalue weighted by molar-refractivity contribution is 5.76. The molecule has 4 nitrogen and oxygen atoms in total. The highest BCUT2D eigenvalue weighted by Gasteiger charge is 2.18. The van der Waals surface area contributed by atoms with Gasteiger partial charge in [0.2, 0.25) is 5.91 Å². The van der Waals surface area contributed by atoms with E-state index in [0.29, 0.717) is 6.42 Å². The molecule has 0 radical (unpaired) electrons. The summed E-state index contributed by atoms with van der Waals surface area (Å²) in [5.41, 5.74) is 0. The van der Waals surface area contributed by atoms with Gasteiger partial charge in [0, 0.05) is 6.42 Å². The van der Waals surface area contributed by atoms with Crippen molar-refractivity contribution in [3.05, 3.63) is 36.5 Å². The summed E-state index contributed by atoms with van der Waals surface area (Å²) in [5, 5.41) is 23.2. The zero-order valence-corrected chi connectivity index (χ0v) is 45.0. The molecular weight excluding hydrogens is 807 g/mol. The third-order valence-corrected chi connectivity index (χ3v) is 14.1. The second kappa shape index (κ2) is 57.9. The highest BCUT2D eigenvalue weighted by atomic mass is 16.3. The molecule has 66 heavy (non-hydrogen) atoms. The van der Waals surface area contributed by atoms with Gasteiger partial charge < -0.3 is 15.5 Å². The molecule has 0 saturated carbocycles. The molecule has 390 valence electrons. The van der Waals surface area contributed by atoms with E-state index < -0.39 is 12.1 Å². The van der Waals surface area contributed by atoms with Crippen LogP contribution in [0.4, 0.5) is 0 Å². The second-order valence-electron chi connectivity index (χ2n) is 20.8. The number of nitrogens with one attached hydrogen (secondary N) is 1. The Kier molecular flexibility index (Phi) is 56.7. The molecule has 0 rings (SSSR count). The van der Waals surface area contributed by atoms with Gasteiger partial charge in [0.15, 0.2) is 0 Å². The largest absolute Gasteiger partial charge is 0.394 e. The Bertz CT molecular complexity index is 1010. The maximum Gasteiger partial charge on any atom is 0.220 e. The Balaban J connectivity index is 3.48. The summed E-state index contributed by atoms with van der Waals surface area (Å²) in [5.74, 6) is -0.0711. The predicted molar refractivity (Wildman–Crippen MR) is 295 cm³/mol. The molecule has 0 aliphatic rings. The minimum atomic E-state index is -0.869. The van der Waals surface area contributed by atoms with Crippen molar-refractivity contribution in [2.24, 2.45) is 0 Å². The zero-order chi connectivity index (χ0) is 47.7. The standard InChI is InChI=1S/C62H119NO3/c1-3-5-7-9-11-13-15-17-19-21-23-25-27-28-29-30-31-32-33-34-36-38-40-42-44-46-48-50-52-54-56-58-62(66)63-60(59-64)61(65)57-55-53-51-49-47-45-43-41-39-37-35-26-24-22-20-18-16-14-12-10-8-6-4-2/h39,41,47,49,55,57,60-61,64-65H,3-38,40,42-46,48,50-54,56,58-59H2,1-2H3,(H,63,66)/b41-39+,49-47+,57-55+. The first-order valence-corrected chi connectivity index (χ1v) is 30.2. The lowest BCUT2D eigenvalue weighted by molar-refractivity contribution is -0.123. The fourth-order valence-electron chi connectivity index (χ4n) is 9.51. The van der Waals surface area contributed by atoms with Crippen LogP contribution in [0.15, 0.2) is 36.5 Å². The molecule has 0 aromatic carbocycles. The van der Waals surface area contributed by atoms with Crippen LogP contribution >= 0.6 is 0 Å². The summed E-state index contributed by atoms with van der Waals surface area (Å²) in [6, 6.07) is -0.644. The van der Waals surface area contributed by atoms with Gasteiger partial charge in [-0.25, -0.2) is 0 Å². The van der Waals surface area contributed by atoms with E-state index in [9.17, 15) is 15.0 Å². The molecule has 0 fully saturated rings. The Labute approximate surface area is 414 Å². The molecular formula is C62H119NO3. The third-order valence-electron chi connectivity index (χ3n) is 14.1. The number of aliphatic hydroxyl groups is 2. The number of carbonyl (C=O) groups is 1. The van der Waals surface area contributed by atoms with Crippen LogP contribution in [0.3, 0.4) is 0 Å². The average Bonchev–Trinajstić information content (AvgIpc) is 3.32. The van der Waals surface area contributed by atoms with Crippen molar-refractivity contribution in [1.82, 2.24) is 5.32 Å². The normalized spacial score (nSPS) is 13.0. The molecule has 0 heterocycles. The fraction of sp³-hybridized carbons (Fsp3) is 0.887. The predicted octanol–water partition coefficient (Wildman–Crippen LogP) is 20.0. The number of rotatable bonds is 56. The Morgan fingerprint density at radius 2 is 0.591 bits per heavy atom.